The van der Waals surface area contributed by atoms with Crippen LogP contribution in [-0.4, -0.2) is 57.7 Å². The lowest BCUT2D eigenvalue weighted by Crippen LogP contribution is -2.47. The summed E-state index contributed by atoms with van der Waals surface area (Å²) in [7, 11) is 4.51. The highest BCUT2D eigenvalue weighted by Gasteiger charge is 2.22. The molecule has 0 bridgehead atoms. The van der Waals surface area contributed by atoms with E-state index in [2.05, 4.69) is 5.32 Å². The quantitative estimate of drug-likeness (QED) is 0.793. The lowest BCUT2D eigenvalue weighted by molar-refractivity contribution is -0.119. The van der Waals surface area contributed by atoms with E-state index in [9.17, 15) is 9.59 Å². The Balaban J connectivity index is 2.17. The molecule has 1 aliphatic rings. The molecule has 1 aromatic carbocycles. The summed E-state index contributed by atoms with van der Waals surface area (Å²) in [5.74, 6) is 1.06. The Labute approximate surface area is 135 Å². The normalized spacial score (nSPS) is 17.3. The molecule has 1 heterocycles. The molecule has 1 aliphatic heterocycles. The smallest absolute Gasteiger partial charge is 0.251 e. The molecule has 1 N–H and O–H groups in total. The summed E-state index contributed by atoms with van der Waals surface area (Å²) in [6, 6.07) is 3.16. The zero-order valence-electron chi connectivity index (χ0n) is 13.6. The van der Waals surface area contributed by atoms with E-state index in [-0.39, 0.29) is 11.9 Å². The number of carbonyl (C=O) groups excluding carboxylic acids is 2. The van der Waals surface area contributed by atoms with Crippen molar-refractivity contribution in [3.05, 3.63) is 17.7 Å². The van der Waals surface area contributed by atoms with Crippen LogP contribution >= 0.6 is 0 Å². The molecule has 7 heteroatoms. The van der Waals surface area contributed by atoms with Crippen LogP contribution in [0, 0.1) is 0 Å². The van der Waals surface area contributed by atoms with Crippen molar-refractivity contribution in [1.82, 2.24) is 10.2 Å². The Morgan fingerprint density at radius 2 is 1.87 bits per heavy atom. The first kappa shape index (κ1) is 16.9. The summed E-state index contributed by atoms with van der Waals surface area (Å²) in [5, 5.41) is 2.95. The number of piperidine rings is 1. The molecule has 1 saturated heterocycles. The fraction of sp³-hybridized carbons (Fsp3) is 0.500. The Morgan fingerprint density at radius 3 is 2.39 bits per heavy atom. The fourth-order valence-electron chi connectivity index (χ4n) is 2.70. The van der Waals surface area contributed by atoms with Gasteiger partial charge in [0.2, 0.25) is 12.2 Å². The van der Waals surface area contributed by atoms with Crippen LogP contribution in [0.5, 0.6) is 17.2 Å². The molecule has 0 spiro atoms. The van der Waals surface area contributed by atoms with Gasteiger partial charge >= 0.3 is 0 Å². The first-order chi connectivity index (χ1) is 11.1. The molecule has 0 aliphatic carbocycles. The number of ether oxygens (including phenoxy) is 3. The molecule has 0 unspecified atom stereocenters. The highest BCUT2D eigenvalue weighted by atomic mass is 16.5. The second-order valence-electron chi connectivity index (χ2n) is 5.33. The first-order valence-electron chi connectivity index (χ1n) is 7.43. The van der Waals surface area contributed by atoms with E-state index in [4.69, 9.17) is 14.2 Å². The van der Waals surface area contributed by atoms with Gasteiger partial charge in [0.05, 0.1) is 21.3 Å². The van der Waals surface area contributed by atoms with Crippen molar-refractivity contribution in [3.63, 3.8) is 0 Å². The maximum absolute atomic E-state index is 12.5. The topological polar surface area (TPSA) is 77.1 Å². The van der Waals surface area contributed by atoms with Crippen molar-refractivity contribution in [3.8, 4) is 17.2 Å². The molecule has 126 valence electrons. The maximum atomic E-state index is 12.5. The number of likely N-dealkylation sites (tertiary alicyclic amines) is 1. The minimum atomic E-state index is -0.234. The van der Waals surface area contributed by atoms with Gasteiger partial charge < -0.3 is 24.4 Å². The van der Waals surface area contributed by atoms with Gasteiger partial charge in [0, 0.05) is 24.7 Å². The van der Waals surface area contributed by atoms with Crippen molar-refractivity contribution >= 4 is 12.3 Å². The summed E-state index contributed by atoms with van der Waals surface area (Å²) in [6.07, 6.45) is 2.54. The highest BCUT2D eigenvalue weighted by Crippen LogP contribution is 2.38. The SMILES string of the molecule is COc1cc(C(=O)N[C@@H]2CCCN(C=O)C2)cc(OC)c1OC. The van der Waals surface area contributed by atoms with Gasteiger partial charge in [0.15, 0.2) is 11.5 Å². The number of hydrogen-bond donors (Lipinski definition) is 1. The Bertz CT molecular complexity index is 551. The summed E-state index contributed by atoms with van der Waals surface area (Å²) >= 11 is 0. The molecule has 7 nitrogen and oxygen atoms in total. The second-order valence-corrected chi connectivity index (χ2v) is 5.33. The monoisotopic (exact) mass is 322 g/mol. The summed E-state index contributed by atoms with van der Waals surface area (Å²) < 4.78 is 15.8. The zero-order chi connectivity index (χ0) is 16.8. The van der Waals surface area contributed by atoms with Crippen molar-refractivity contribution in [1.29, 1.82) is 0 Å². The van der Waals surface area contributed by atoms with E-state index in [1.807, 2.05) is 0 Å². The summed E-state index contributed by atoms with van der Waals surface area (Å²) in [6.45, 7) is 1.26. The standard InChI is InChI=1S/C16H22N2O5/c1-21-13-7-11(8-14(22-2)15(13)23-3)16(20)17-12-5-4-6-18(9-12)10-19/h7-8,10,12H,4-6,9H2,1-3H3,(H,17,20)/t12-/m1/s1. The molecular weight excluding hydrogens is 300 g/mol. The average Bonchev–Trinajstić information content (AvgIpc) is 2.60. The van der Waals surface area contributed by atoms with E-state index >= 15 is 0 Å². The third-order valence-electron chi connectivity index (χ3n) is 3.86. The van der Waals surface area contributed by atoms with Gasteiger partial charge in [-0.1, -0.05) is 0 Å². The zero-order valence-corrected chi connectivity index (χ0v) is 13.6. The summed E-state index contributed by atoms with van der Waals surface area (Å²) in [5.41, 5.74) is 0.419. The fourth-order valence-corrected chi connectivity index (χ4v) is 2.70. The number of benzene rings is 1. The van der Waals surface area contributed by atoms with Crippen LogP contribution in [0.1, 0.15) is 23.2 Å². The summed E-state index contributed by atoms with van der Waals surface area (Å²) in [4.78, 5) is 25.0. The molecule has 1 atom stereocenters. The lowest BCUT2D eigenvalue weighted by atomic mass is 10.1. The molecule has 1 aromatic rings. The number of amides is 2. The van der Waals surface area contributed by atoms with Crippen LogP contribution in [0.2, 0.25) is 0 Å². The van der Waals surface area contributed by atoms with Crippen molar-refractivity contribution in [2.24, 2.45) is 0 Å². The molecule has 0 radical (unpaired) electrons. The largest absolute Gasteiger partial charge is 0.493 e. The van der Waals surface area contributed by atoms with Gasteiger partial charge in [0.1, 0.15) is 0 Å². The number of methoxy groups -OCH3 is 3. The molecule has 23 heavy (non-hydrogen) atoms. The van der Waals surface area contributed by atoms with Crippen LogP contribution in [0.25, 0.3) is 0 Å². The minimum absolute atomic E-state index is 0.0551. The van der Waals surface area contributed by atoms with Crippen molar-refractivity contribution in [2.75, 3.05) is 34.4 Å². The van der Waals surface area contributed by atoms with E-state index < -0.39 is 0 Å². The molecular formula is C16H22N2O5. The Morgan fingerprint density at radius 1 is 1.22 bits per heavy atom. The van der Waals surface area contributed by atoms with Gasteiger partial charge in [-0.3, -0.25) is 9.59 Å². The van der Waals surface area contributed by atoms with E-state index in [0.717, 1.165) is 25.8 Å². The highest BCUT2D eigenvalue weighted by molar-refractivity contribution is 5.95. The van der Waals surface area contributed by atoms with Crippen LogP contribution in [0.4, 0.5) is 0 Å². The van der Waals surface area contributed by atoms with E-state index in [1.165, 1.54) is 21.3 Å². The molecule has 2 amide bonds. The van der Waals surface area contributed by atoms with Gasteiger partial charge in [-0.05, 0) is 25.0 Å². The Kier molecular flexibility index (Phi) is 5.67. The third kappa shape index (κ3) is 3.85. The molecule has 2 rings (SSSR count). The van der Waals surface area contributed by atoms with Gasteiger partial charge in [0.25, 0.3) is 5.91 Å². The average molecular weight is 322 g/mol. The van der Waals surface area contributed by atoms with Gasteiger partial charge in [-0.15, -0.1) is 0 Å². The van der Waals surface area contributed by atoms with Crippen LogP contribution in [0.3, 0.4) is 0 Å². The van der Waals surface area contributed by atoms with Gasteiger partial charge in [-0.2, -0.15) is 0 Å². The maximum Gasteiger partial charge on any atom is 0.251 e. The number of nitrogens with one attached hydrogen (secondary N) is 1. The first-order valence-corrected chi connectivity index (χ1v) is 7.43. The minimum Gasteiger partial charge on any atom is -0.493 e. The number of hydrogen-bond acceptors (Lipinski definition) is 5. The van der Waals surface area contributed by atoms with Crippen LogP contribution in [0.15, 0.2) is 12.1 Å². The van der Waals surface area contributed by atoms with E-state index in [1.54, 1.807) is 17.0 Å². The Hall–Kier alpha value is -2.44. The van der Waals surface area contributed by atoms with Crippen LogP contribution in [-0.2, 0) is 4.79 Å². The van der Waals surface area contributed by atoms with E-state index in [0.29, 0.717) is 29.4 Å². The molecule has 1 fully saturated rings. The van der Waals surface area contributed by atoms with Crippen molar-refractivity contribution in [2.45, 2.75) is 18.9 Å². The third-order valence-corrected chi connectivity index (χ3v) is 3.86. The van der Waals surface area contributed by atoms with Crippen molar-refractivity contribution < 1.29 is 23.8 Å². The molecule has 0 saturated carbocycles. The van der Waals surface area contributed by atoms with Crippen LogP contribution < -0.4 is 19.5 Å². The predicted octanol–water partition coefficient (Wildman–Crippen LogP) is 1.06. The lowest BCUT2D eigenvalue weighted by Gasteiger charge is -2.30. The number of nitrogens with zero attached hydrogens (tertiary/aromatic N) is 1. The second kappa shape index (κ2) is 7.71. The van der Waals surface area contributed by atoms with Gasteiger partial charge in [-0.25, -0.2) is 0 Å². The number of carbonyl (C=O) groups is 2. The number of rotatable bonds is 6. The predicted molar refractivity (Wildman–Crippen MR) is 84.2 cm³/mol. The molecule has 0 aromatic heterocycles.